The molecule has 0 saturated carbocycles. The van der Waals surface area contributed by atoms with Crippen LogP contribution in [-0.4, -0.2) is 34.9 Å². The van der Waals surface area contributed by atoms with Gasteiger partial charge in [0.05, 0.1) is 0 Å². The summed E-state index contributed by atoms with van der Waals surface area (Å²) in [6.45, 7) is 2.11. The van der Waals surface area contributed by atoms with Gasteiger partial charge < -0.3 is 0 Å². The van der Waals surface area contributed by atoms with Crippen LogP contribution in [0.5, 0.6) is 0 Å². The summed E-state index contributed by atoms with van der Waals surface area (Å²) in [6, 6.07) is 44.4. The maximum Gasteiger partial charge on any atom is 0.0241 e. The largest absolute Gasteiger partial charge is 0.291 e. The number of hydrogen-bond donors (Lipinski definition) is 0. The normalized spacial score (nSPS) is 19.4. The van der Waals surface area contributed by atoms with Crippen LogP contribution in [0.4, 0.5) is 0 Å². The van der Waals surface area contributed by atoms with Gasteiger partial charge in [0.15, 0.2) is 0 Å². The van der Waals surface area contributed by atoms with Crippen molar-refractivity contribution in [2.45, 2.75) is 25.4 Å². The topological polar surface area (TPSA) is 6.48 Å². The van der Waals surface area contributed by atoms with Gasteiger partial charge in [-0.25, -0.2) is 0 Å². The van der Waals surface area contributed by atoms with Crippen molar-refractivity contribution < 1.29 is 0 Å². The van der Waals surface area contributed by atoms with Gasteiger partial charge in [-0.1, -0.05) is 137 Å². The SMILES string of the molecule is c1ccc(CN2CP(Cc3ccccc3)CN(Cc3ccccc3)CP(Cc3ccccc3)C2)cc1. The Morgan fingerprint density at radius 2 is 0.667 bits per heavy atom. The Morgan fingerprint density at radius 3 is 0.972 bits per heavy atom. The zero-order valence-electron chi connectivity index (χ0n) is 21.0. The molecule has 4 aromatic carbocycles. The van der Waals surface area contributed by atoms with Gasteiger partial charge in [-0.2, -0.15) is 0 Å². The minimum absolute atomic E-state index is 0.179. The van der Waals surface area contributed by atoms with Gasteiger partial charge in [0.2, 0.25) is 0 Å². The van der Waals surface area contributed by atoms with E-state index >= 15 is 0 Å². The molecule has 1 saturated heterocycles. The molecule has 1 aliphatic heterocycles. The third kappa shape index (κ3) is 7.83. The number of nitrogens with zero attached hydrogens (tertiary/aromatic N) is 2. The van der Waals surface area contributed by atoms with Gasteiger partial charge in [0.1, 0.15) is 0 Å². The van der Waals surface area contributed by atoms with Crippen molar-refractivity contribution in [2.24, 2.45) is 0 Å². The molecule has 0 radical (unpaired) electrons. The quantitative estimate of drug-likeness (QED) is 0.221. The summed E-state index contributed by atoms with van der Waals surface area (Å²) in [5.74, 6) is 0. The highest BCUT2D eigenvalue weighted by Crippen LogP contribution is 2.50. The first-order chi connectivity index (χ1) is 17.8. The Morgan fingerprint density at radius 1 is 0.389 bits per heavy atom. The van der Waals surface area contributed by atoms with Gasteiger partial charge >= 0.3 is 0 Å². The minimum Gasteiger partial charge on any atom is -0.291 e. The van der Waals surface area contributed by atoms with Crippen LogP contribution in [-0.2, 0) is 25.4 Å². The molecule has 0 atom stereocenters. The average Bonchev–Trinajstić information content (AvgIpc) is 2.90. The monoisotopic (exact) mass is 510 g/mol. The van der Waals surface area contributed by atoms with E-state index in [1.807, 2.05) is 0 Å². The molecule has 0 N–H and O–H groups in total. The molecule has 1 aliphatic rings. The van der Waals surface area contributed by atoms with E-state index in [-0.39, 0.29) is 15.8 Å². The Hall–Kier alpha value is -2.34. The Labute approximate surface area is 219 Å². The van der Waals surface area contributed by atoms with Crippen LogP contribution in [0.25, 0.3) is 0 Å². The molecule has 184 valence electrons. The summed E-state index contributed by atoms with van der Waals surface area (Å²) in [5, 5.41) is 0. The molecule has 0 aliphatic carbocycles. The fraction of sp³-hybridized carbons (Fsp3) is 0.250. The van der Waals surface area contributed by atoms with Crippen LogP contribution in [0.15, 0.2) is 121 Å². The molecular formula is C32H36N2P2. The fourth-order valence-electron chi connectivity index (χ4n) is 5.08. The minimum atomic E-state index is -0.179. The summed E-state index contributed by atoms with van der Waals surface area (Å²) >= 11 is 0. The Balaban J connectivity index is 1.39. The lowest BCUT2D eigenvalue weighted by atomic mass is 10.2. The highest BCUT2D eigenvalue weighted by molar-refractivity contribution is 7.58. The summed E-state index contributed by atoms with van der Waals surface area (Å²) in [7, 11) is -0.358. The average molecular weight is 511 g/mol. The second-order valence-electron chi connectivity index (χ2n) is 9.82. The predicted molar refractivity (Wildman–Crippen MR) is 158 cm³/mol. The molecule has 0 amide bonds. The van der Waals surface area contributed by atoms with Gasteiger partial charge in [0.25, 0.3) is 0 Å². The van der Waals surface area contributed by atoms with E-state index in [1.54, 1.807) is 0 Å². The van der Waals surface area contributed by atoms with Crippen molar-refractivity contribution in [3.63, 3.8) is 0 Å². The number of rotatable bonds is 8. The van der Waals surface area contributed by atoms with Crippen molar-refractivity contribution in [1.82, 2.24) is 9.80 Å². The van der Waals surface area contributed by atoms with Crippen LogP contribution in [0.1, 0.15) is 22.3 Å². The highest BCUT2D eigenvalue weighted by atomic mass is 31.1. The molecule has 0 unspecified atom stereocenters. The molecule has 36 heavy (non-hydrogen) atoms. The molecule has 4 aromatic rings. The van der Waals surface area contributed by atoms with Crippen molar-refractivity contribution in [2.75, 3.05) is 25.1 Å². The summed E-state index contributed by atoms with van der Waals surface area (Å²) < 4.78 is 0. The van der Waals surface area contributed by atoms with Gasteiger partial charge in [-0.05, 0) is 34.6 Å². The fourth-order valence-corrected chi connectivity index (χ4v) is 10.5. The standard InChI is InChI=1S/C32H36N2P2/c1-5-13-29(14-6-1)21-33-25-35(23-31-17-9-3-10-18-31)27-34(22-30-15-7-2-8-16-30)28-36(26-33)24-32-19-11-4-12-20-32/h1-20H,21-28H2. The van der Waals surface area contributed by atoms with Crippen molar-refractivity contribution >= 4 is 15.8 Å². The Kier molecular flexibility index (Phi) is 9.33. The summed E-state index contributed by atoms with van der Waals surface area (Å²) in [5.41, 5.74) is 5.83. The second-order valence-corrected chi connectivity index (χ2v) is 14.3. The van der Waals surface area contributed by atoms with Gasteiger partial charge in [-0.15, -0.1) is 0 Å². The van der Waals surface area contributed by atoms with Crippen molar-refractivity contribution in [3.05, 3.63) is 144 Å². The lowest BCUT2D eigenvalue weighted by molar-refractivity contribution is 0.327. The third-order valence-corrected chi connectivity index (χ3v) is 11.4. The van der Waals surface area contributed by atoms with Gasteiger partial charge in [0, 0.05) is 38.2 Å². The van der Waals surface area contributed by atoms with Gasteiger partial charge in [-0.3, -0.25) is 9.80 Å². The molecular weight excluding hydrogens is 474 g/mol. The van der Waals surface area contributed by atoms with Crippen LogP contribution in [0, 0.1) is 0 Å². The molecule has 4 heteroatoms. The summed E-state index contributed by atoms with van der Waals surface area (Å²) in [4.78, 5) is 5.58. The van der Waals surface area contributed by atoms with Crippen molar-refractivity contribution in [3.8, 4) is 0 Å². The lowest BCUT2D eigenvalue weighted by Gasteiger charge is -2.39. The maximum absolute atomic E-state index is 2.79. The van der Waals surface area contributed by atoms with E-state index in [9.17, 15) is 0 Å². The van der Waals surface area contributed by atoms with Crippen LogP contribution < -0.4 is 0 Å². The predicted octanol–water partition coefficient (Wildman–Crippen LogP) is 8.20. The zero-order chi connectivity index (χ0) is 24.4. The smallest absolute Gasteiger partial charge is 0.0241 e. The second kappa shape index (κ2) is 13.3. The van der Waals surface area contributed by atoms with Crippen LogP contribution in [0.3, 0.4) is 0 Å². The summed E-state index contributed by atoms with van der Waals surface area (Å²) in [6.07, 6.45) is 7.22. The highest BCUT2D eigenvalue weighted by Gasteiger charge is 2.26. The third-order valence-electron chi connectivity index (χ3n) is 6.60. The maximum atomic E-state index is 2.79. The van der Waals surface area contributed by atoms with E-state index in [4.69, 9.17) is 0 Å². The first-order valence-electron chi connectivity index (χ1n) is 12.9. The first kappa shape index (κ1) is 25.3. The van der Waals surface area contributed by atoms with Crippen LogP contribution in [0.2, 0.25) is 0 Å². The zero-order valence-corrected chi connectivity index (χ0v) is 22.8. The molecule has 2 nitrogen and oxygen atoms in total. The van der Waals surface area contributed by atoms with E-state index < -0.39 is 0 Å². The van der Waals surface area contributed by atoms with Crippen molar-refractivity contribution in [1.29, 1.82) is 0 Å². The van der Waals surface area contributed by atoms with E-state index in [0.29, 0.717) is 0 Å². The number of hydrogen-bond acceptors (Lipinski definition) is 2. The van der Waals surface area contributed by atoms with E-state index in [2.05, 4.69) is 131 Å². The number of benzene rings is 4. The first-order valence-corrected chi connectivity index (χ1v) is 16.6. The lowest BCUT2D eigenvalue weighted by Crippen LogP contribution is -2.34. The van der Waals surface area contributed by atoms with E-state index in [0.717, 1.165) is 13.1 Å². The Bertz CT molecular complexity index is 958. The molecule has 0 bridgehead atoms. The van der Waals surface area contributed by atoms with E-state index in [1.165, 1.54) is 59.7 Å². The molecule has 0 spiro atoms. The molecule has 0 aromatic heterocycles. The molecule has 1 fully saturated rings. The molecule has 1 heterocycles. The molecule has 5 rings (SSSR count). The van der Waals surface area contributed by atoms with Crippen LogP contribution >= 0.6 is 15.8 Å².